The van der Waals surface area contributed by atoms with Gasteiger partial charge in [0.1, 0.15) is 5.75 Å². The molecule has 2 aromatic rings. The molecule has 0 aliphatic carbocycles. The summed E-state index contributed by atoms with van der Waals surface area (Å²) in [5, 5.41) is 0. The molecule has 23 heavy (non-hydrogen) atoms. The van der Waals surface area contributed by atoms with Gasteiger partial charge in [-0.15, -0.1) is 0 Å². The molecule has 0 aliphatic rings. The minimum atomic E-state index is -0.414. The van der Waals surface area contributed by atoms with Crippen LogP contribution in [-0.4, -0.2) is 17.9 Å². The fraction of sp³-hybridized carbons (Fsp3) is 0.222. The van der Waals surface area contributed by atoms with Gasteiger partial charge in [-0.2, -0.15) is 0 Å². The Bertz CT molecular complexity index is 669. The molecule has 0 bridgehead atoms. The van der Waals surface area contributed by atoms with Crippen LogP contribution in [0.25, 0.3) is 0 Å². The maximum Gasteiger partial charge on any atom is 0.273 e. The molecule has 0 spiro atoms. The fourth-order valence-electron chi connectivity index (χ4n) is 2.03. The summed E-state index contributed by atoms with van der Waals surface area (Å²) in [6.07, 6.45) is 0.155. The van der Waals surface area contributed by atoms with Gasteiger partial charge in [-0.1, -0.05) is 42.5 Å². The van der Waals surface area contributed by atoms with Crippen molar-refractivity contribution in [1.82, 2.24) is 10.9 Å². The van der Waals surface area contributed by atoms with Crippen LogP contribution in [0.3, 0.4) is 0 Å². The van der Waals surface area contributed by atoms with Crippen molar-refractivity contribution < 1.29 is 14.3 Å². The number of benzene rings is 2. The molecule has 0 aromatic heterocycles. The molecule has 0 heterocycles. The zero-order chi connectivity index (χ0) is 16.7. The number of hydrogen-bond donors (Lipinski definition) is 2. The SMILES string of the molecule is CC(C)Oc1ccccc1C(=O)NNC(=O)Cc1ccccc1. The first-order valence-corrected chi connectivity index (χ1v) is 7.45. The van der Waals surface area contributed by atoms with Gasteiger partial charge in [0.05, 0.1) is 18.1 Å². The van der Waals surface area contributed by atoms with E-state index in [4.69, 9.17) is 4.74 Å². The fourth-order valence-corrected chi connectivity index (χ4v) is 2.03. The van der Waals surface area contributed by atoms with E-state index in [-0.39, 0.29) is 18.4 Å². The lowest BCUT2D eigenvalue weighted by atomic mass is 10.1. The van der Waals surface area contributed by atoms with Crippen LogP contribution in [0.2, 0.25) is 0 Å². The van der Waals surface area contributed by atoms with Gasteiger partial charge in [0, 0.05) is 0 Å². The lowest BCUT2D eigenvalue weighted by Gasteiger charge is -2.14. The summed E-state index contributed by atoms with van der Waals surface area (Å²) in [7, 11) is 0. The third-order valence-corrected chi connectivity index (χ3v) is 3.02. The van der Waals surface area contributed by atoms with Crippen LogP contribution >= 0.6 is 0 Å². The van der Waals surface area contributed by atoms with Crippen LogP contribution in [0.1, 0.15) is 29.8 Å². The molecule has 2 rings (SSSR count). The third kappa shape index (κ3) is 5.14. The molecule has 0 saturated heterocycles. The number of carbonyl (C=O) groups is 2. The first kappa shape index (κ1) is 16.5. The highest BCUT2D eigenvalue weighted by Gasteiger charge is 2.13. The number of hydrogen-bond acceptors (Lipinski definition) is 3. The largest absolute Gasteiger partial charge is 0.490 e. The number of rotatable bonds is 5. The van der Waals surface area contributed by atoms with Crippen molar-refractivity contribution in [3.8, 4) is 5.75 Å². The summed E-state index contributed by atoms with van der Waals surface area (Å²) in [6.45, 7) is 3.77. The number of ether oxygens (including phenoxy) is 1. The molecule has 2 aromatic carbocycles. The average Bonchev–Trinajstić information content (AvgIpc) is 2.53. The highest BCUT2D eigenvalue weighted by atomic mass is 16.5. The molecule has 0 atom stereocenters. The third-order valence-electron chi connectivity index (χ3n) is 3.02. The van der Waals surface area contributed by atoms with Crippen molar-refractivity contribution in [3.05, 3.63) is 65.7 Å². The molecule has 5 heteroatoms. The van der Waals surface area contributed by atoms with Gasteiger partial charge in [-0.05, 0) is 31.5 Å². The van der Waals surface area contributed by atoms with E-state index in [0.29, 0.717) is 11.3 Å². The molecule has 0 unspecified atom stereocenters. The molecule has 2 amide bonds. The van der Waals surface area contributed by atoms with Crippen molar-refractivity contribution >= 4 is 11.8 Å². The van der Waals surface area contributed by atoms with Crippen LogP contribution in [0.5, 0.6) is 5.75 Å². The molecule has 120 valence electrons. The molecule has 0 aliphatic heterocycles. The molecule has 5 nitrogen and oxygen atoms in total. The quantitative estimate of drug-likeness (QED) is 0.834. The van der Waals surface area contributed by atoms with Gasteiger partial charge in [0.25, 0.3) is 5.91 Å². The van der Waals surface area contributed by atoms with Gasteiger partial charge in [0.15, 0.2) is 0 Å². The van der Waals surface area contributed by atoms with Gasteiger partial charge in [0.2, 0.25) is 5.91 Å². The van der Waals surface area contributed by atoms with Crippen LogP contribution in [-0.2, 0) is 11.2 Å². The van der Waals surface area contributed by atoms with E-state index in [9.17, 15) is 9.59 Å². The molecule has 0 saturated carbocycles. The van der Waals surface area contributed by atoms with Crippen LogP contribution in [0.15, 0.2) is 54.6 Å². The first-order chi connectivity index (χ1) is 11.1. The van der Waals surface area contributed by atoms with E-state index < -0.39 is 5.91 Å². The Morgan fingerprint density at radius 3 is 2.30 bits per heavy atom. The predicted octanol–water partition coefficient (Wildman–Crippen LogP) is 2.48. The normalized spacial score (nSPS) is 10.2. The second-order valence-electron chi connectivity index (χ2n) is 5.33. The second kappa shape index (κ2) is 7.98. The highest BCUT2D eigenvalue weighted by molar-refractivity contribution is 5.97. The molecular formula is C18H20N2O3. The Balaban J connectivity index is 1.93. The minimum absolute atomic E-state index is 0.0448. The maximum atomic E-state index is 12.2. The Kier molecular flexibility index (Phi) is 5.74. The smallest absolute Gasteiger partial charge is 0.273 e. The monoisotopic (exact) mass is 312 g/mol. The number of para-hydroxylation sites is 1. The highest BCUT2D eigenvalue weighted by Crippen LogP contribution is 2.18. The van der Waals surface area contributed by atoms with E-state index in [1.165, 1.54) is 0 Å². The van der Waals surface area contributed by atoms with Crippen LogP contribution in [0.4, 0.5) is 0 Å². The Morgan fingerprint density at radius 1 is 0.957 bits per heavy atom. The van der Waals surface area contributed by atoms with Crippen molar-refractivity contribution in [2.45, 2.75) is 26.4 Å². The van der Waals surface area contributed by atoms with Gasteiger partial charge >= 0.3 is 0 Å². The number of hydrazine groups is 1. The van der Waals surface area contributed by atoms with Crippen molar-refractivity contribution in [1.29, 1.82) is 0 Å². The van der Waals surface area contributed by atoms with E-state index >= 15 is 0 Å². The summed E-state index contributed by atoms with van der Waals surface area (Å²) >= 11 is 0. The lowest BCUT2D eigenvalue weighted by Crippen LogP contribution is -2.42. The van der Waals surface area contributed by atoms with Gasteiger partial charge in [-0.25, -0.2) is 0 Å². The van der Waals surface area contributed by atoms with Crippen LogP contribution in [0, 0.1) is 0 Å². The van der Waals surface area contributed by atoms with Crippen molar-refractivity contribution in [3.63, 3.8) is 0 Å². The van der Waals surface area contributed by atoms with E-state index in [1.807, 2.05) is 44.2 Å². The summed E-state index contributed by atoms with van der Waals surface area (Å²) in [4.78, 5) is 24.1. The second-order valence-corrected chi connectivity index (χ2v) is 5.33. The topological polar surface area (TPSA) is 67.4 Å². The molecule has 2 N–H and O–H groups in total. The van der Waals surface area contributed by atoms with Crippen LogP contribution < -0.4 is 15.6 Å². The van der Waals surface area contributed by atoms with Gasteiger partial charge < -0.3 is 4.74 Å². The number of nitrogens with one attached hydrogen (secondary N) is 2. The molecular weight excluding hydrogens is 292 g/mol. The minimum Gasteiger partial charge on any atom is -0.490 e. The average molecular weight is 312 g/mol. The maximum absolute atomic E-state index is 12.2. The number of carbonyl (C=O) groups excluding carboxylic acids is 2. The van der Waals surface area contributed by atoms with E-state index in [1.54, 1.807) is 24.3 Å². The van der Waals surface area contributed by atoms with Crippen molar-refractivity contribution in [2.75, 3.05) is 0 Å². The van der Waals surface area contributed by atoms with E-state index in [0.717, 1.165) is 5.56 Å². The zero-order valence-electron chi connectivity index (χ0n) is 13.2. The summed E-state index contributed by atoms with van der Waals surface area (Å²) < 4.78 is 5.60. The molecule has 0 radical (unpaired) electrons. The summed E-state index contributed by atoms with van der Waals surface area (Å²) in [5.41, 5.74) is 6.08. The van der Waals surface area contributed by atoms with E-state index in [2.05, 4.69) is 10.9 Å². The Labute approximate surface area is 135 Å². The standard InChI is InChI=1S/C18H20N2O3/c1-13(2)23-16-11-7-6-10-15(16)18(22)20-19-17(21)12-14-8-4-3-5-9-14/h3-11,13H,12H2,1-2H3,(H,19,21)(H,20,22). The number of amides is 2. The predicted molar refractivity (Wildman–Crippen MR) is 88.0 cm³/mol. The molecule has 0 fully saturated rings. The van der Waals surface area contributed by atoms with Crippen molar-refractivity contribution in [2.24, 2.45) is 0 Å². The Morgan fingerprint density at radius 2 is 1.61 bits per heavy atom. The zero-order valence-corrected chi connectivity index (χ0v) is 13.2. The van der Waals surface area contributed by atoms with Gasteiger partial charge in [-0.3, -0.25) is 20.4 Å². The first-order valence-electron chi connectivity index (χ1n) is 7.45. The lowest BCUT2D eigenvalue weighted by molar-refractivity contribution is -0.121. The summed E-state index contributed by atoms with van der Waals surface area (Å²) in [6, 6.07) is 16.2. The Hall–Kier alpha value is -2.82. The summed E-state index contributed by atoms with van der Waals surface area (Å²) in [5.74, 6) is -0.216.